The van der Waals surface area contributed by atoms with Crippen molar-refractivity contribution in [3.05, 3.63) is 84.0 Å². The van der Waals surface area contributed by atoms with Gasteiger partial charge < -0.3 is 10.4 Å². The Hall–Kier alpha value is -3.14. The highest BCUT2D eigenvalue weighted by Crippen LogP contribution is 2.09. The molecule has 4 heteroatoms. The van der Waals surface area contributed by atoms with E-state index in [1.54, 1.807) is 24.3 Å². The lowest BCUT2D eigenvalue weighted by atomic mass is 10.2. The minimum atomic E-state index is -0.996. The second-order valence-electron chi connectivity index (χ2n) is 4.50. The molecule has 2 aromatic carbocycles. The molecule has 2 rings (SSSR count). The molecule has 110 valence electrons. The summed E-state index contributed by atoms with van der Waals surface area (Å²) in [5.74, 6) is -1.27. The topological polar surface area (TPSA) is 66.4 Å². The molecule has 4 nitrogen and oxygen atoms in total. The van der Waals surface area contributed by atoms with Gasteiger partial charge in [0.25, 0.3) is 0 Å². The molecule has 0 aromatic heterocycles. The van der Waals surface area contributed by atoms with Crippen molar-refractivity contribution >= 4 is 23.6 Å². The summed E-state index contributed by atoms with van der Waals surface area (Å²) < 4.78 is 0. The molecule has 0 heterocycles. The first-order chi connectivity index (χ1) is 10.6. The molecule has 2 aromatic rings. The van der Waals surface area contributed by atoms with Crippen molar-refractivity contribution in [2.24, 2.45) is 0 Å². The van der Waals surface area contributed by atoms with Crippen LogP contribution in [0.25, 0.3) is 6.08 Å². The summed E-state index contributed by atoms with van der Waals surface area (Å²) in [7, 11) is 0. The first kappa shape index (κ1) is 15.3. The van der Waals surface area contributed by atoms with Crippen LogP contribution in [0, 0.1) is 0 Å². The molecule has 0 aliphatic heterocycles. The number of benzene rings is 2. The Kier molecular flexibility index (Phi) is 5.26. The van der Waals surface area contributed by atoms with E-state index in [0.717, 1.165) is 5.56 Å². The van der Waals surface area contributed by atoms with Crippen molar-refractivity contribution in [2.75, 3.05) is 5.32 Å². The number of anilines is 1. The Labute approximate surface area is 128 Å². The van der Waals surface area contributed by atoms with Gasteiger partial charge in [0.15, 0.2) is 0 Å². The third kappa shape index (κ3) is 4.76. The summed E-state index contributed by atoms with van der Waals surface area (Å²) in [6, 6.07) is 15.7. The maximum Gasteiger partial charge on any atom is 0.335 e. The van der Waals surface area contributed by atoms with E-state index in [9.17, 15) is 9.59 Å². The fourth-order valence-corrected chi connectivity index (χ4v) is 1.75. The Morgan fingerprint density at radius 3 is 2.23 bits per heavy atom. The Bertz CT molecular complexity index is 701. The van der Waals surface area contributed by atoms with Crippen LogP contribution >= 0.6 is 0 Å². The average molecular weight is 293 g/mol. The molecule has 0 radical (unpaired) electrons. The van der Waals surface area contributed by atoms with Crippen molar-refractivity contribution in [1.29, 1.82) is 0 Å². The molecule has 0 atom stereocenters. The predicted molar refractivity (Wildman–Crippen MR) is 86.6 cm³/mol. The molecule has 1 amide bonds. The van der Waals surface area contributed by atoms with E-state index in [1.807, 2.05) is 36.4 Å². The quantitative estimate of drug-likeness (QED) is 0.654. The third-order valence-electron chi connectivity index (χ3n) is 2.85. The molecule has 0 bridgehead atoms. The second-order valence-corrected chi connectivity index (χ2v) is 4.50. The van der Waals surface area contributed by atoms with Crippen molar-refractivity contribution in [1.82, 2.24) is 0 Å². The number of aromatic carboxylic acids is 1. The number of amides is 1. The normalized spacial score (nSPS) is 10.9. The highest BCUT2D eigenvalue weighted by Gasteiger charge is 2.02. The maximum atomic E-state index is 11.7. The number of carboxylic acid groups (broad SMARTS) is 1. The molecule has 0 aliphatic carbocycles. The van der Waals surface area contributed by atoms with Gasteiger partial charge in [0.1, 0.15) is 0 Å². The van der Waals surface area contributed by atoms with Crippen molar-refractivity contribution in [3.63, 3.8) is 0 Å². The number of hydrogen-bond donors (Lipinski definition) is 2. The lowest BCUT2D eigenvalue weighted by Crippen LogP contribution is -2.07. The zero-order valence-corrected chi connectivity index (χ0v) is 11.8. The van der Waals surface area contributed by atoms with Crippen LogP contribution in [0.3, 0.4) is 0 Å². The third-order valence-corrected chi connectivity index (χ3v) is 2.85. The van der Waals surface area contributed by atoms with Gasteiger partial charge in [0.2, 0.25) is 5.91 Å². The first-order valence-electron chi connectivity index (χ1n) is 6.69. The Balaban J connectivity index is 1.88. The monoisotopic (exact) mass is 293 g/mol. The predicted octanol–water partition coefficient (Wildman–Crippen LogP) is 3.59. The van der Waals surface area contributed by atoms with Crippen LogP contribution in [0.2, 0.25) is 0 Å². The zero-order chi connectivity index (χ0) is 15.8. The molecule has 0 saturated heterocycles. The highest BCUT2D eigenvalue weighted by atomic mass is 16.4. The molecule has 0 spiro atoms. The number of allylic oxidation sites excluding steroid dienone is 2. The van der Waals surface area contributed by atoms with Crippen LogP contribution in [0.1, 0.15) is 15.9 Å². The molecule has 0 saturated carbocycles. The molecular weight excluding hydrogens is 278 g/mol. The van der Waals surface area contributed by atoms with Crippen molar-refractivity contribution < 1.29 is 14.7 Å². The Morgan fingerprint density at radius 2 is 1.59 bits per heavy atom. The fraction of sp³-hybridized carbons (Fsp3) is 0. The minimum Gasteiger partial charge on any atom is -0.478 e. The van der Waals surface area contributed by atoms with E-state index >= 15 is 0 Å². The summed E-state index contributed by atoms with van der Waals surface area (Å²) in [6.07, 6.45) is 6.73. The van der Waals surface area contributed by atoms with E-state index in [4.69, 9.17) is 5.11 Å². The van der Waals surface area contributed by atoms with Gasteiger partial charge in [-0.25, -0.2) is 4.79 Å². The summed E-state index contributed by atoms with van der Waals surface area (Å²) in [5.41, 5.74) is 1.78. The van der Waals surface area contributed by atoms with E-state index in [-0.39, 0.29) is 11.5 Å². The summed E-state index contributed by atoms with van der Waals surface area (Å²) in [4.78, 5) is 22.4. The van der Waals surface area contributed by atoms with Crippen LogP contribution in [-0.2, 0) is 4.79 Å². The molecule has 0 fully saturated rings. The van der Waals surface area contributed by atoms with Crippen molar-refractivity contribution in [3.8, 4) is 0 Å². The number of carboxylic acids is 1. The number of nitrogens with one attached hydrogen (secondary N) is 1. The lowest BCUT2D eigenvalue weighted by molar-refractivity contribution is -0.111. The molecule has 2 N–H and O–H groups in total. The van der Waals surface area contributed by atoms with Gasteiger partial charge in [0, 0.05) is 11.8 Å². The van der Waals surface area contributed by atoms with Gasteiger partial charge >= 0.3 is 5.97 Å². The first-order valence-corrected chi connectivity index (χ1v) is 6.69. The van der Waals surface area contributed by atoms with E-state index in [2.05, 4.69) is 5.32 Å². The van der Waals surface area contributed by atoms with Gasteiger partial charge in [0.05, 0.1) is 5.56 Å². The highest BCUT2D eigenvalue weighted by molar-refractivity contribution is 5.99. The number of carbonyl (C=O) groups excluding carboxylic acids is 1. The van der Waals surface area contributed by atoms with Crippen LogP contribution < -0.4 is 5.32 Å². The van der Waals surface area contributed by atoms with Gasteiger partial charge in [-0.1, -0.05) is 48.6 Å². The summed E-state index contributed by atoms with van der Waals surface area (Å²) in [5, 5.41) is 11.4. The van der Waals surface area contributed by atoms with Gasteiger partial charge in [-0.15, -0.1) is 0 Å². The summed E-state index contributed by atoms with van der Waals surface area (Å²) in [6.45, 7) is 0. The maximum absolute atomic E-state index is 11.7. The SMILES string of the molecule is O=C(/C=C/C=C/c1ccccc1)Nc1ccc(C(=O)O)cc1. The molecule has 0 unspecified atom stereocenters. The number of carbonyl (C=O) groups is 2. The lowest BCUT2D eigenvalue weighted by Gasteiger charge is -2.02. The largest absolute Gasteiger partial charge is 0.478 e. The van der Waals surface area contributed by atoms with Crippen LogP contribution in [-0.4, -0.2) is 17.0 Å². The standard InChI is InChI=1S/C18H15NO3/c20-17(9-5-4-8-14-6-2-1-3-7-14)19-16-12-10-15(11-13-16)18(21)22/h1-13H,(H,19,20)(H,21,22)/b8-4+,9-5+. The summed E-state index contributed by atoms with van der Waals surface area (Å²) >= 11 is 0. The molecule has 0 aliphatic rings. The average Bonchev–Trinajstić information content (AvgIpc) is 2.53. The van der Waals surface area contributed by atoms with Crippen molar-refractivity contribution in [2.45, 2.75) is 0 Å². The zero-order valence-electron chi connectivity index (χ0n) is 11.8. The fourth-order valence-electron chi connectivity index (χ4n) is 1.75. The van der Waals surface area contributed by atoms with Gasteiger partial charge in [-0.05, 0) is 29.8 Å². The molecule has 22 heavy (non-hydrogen) atoms. The molecular formula is C18H15NO3. The van der Waals surface area contributed by atoms with E-state index in [0.29, 0.717) is 5.69 Å². The number of rotatable bonds is 5. The van der Waals surface area contributed by atoms with Crippen LogP contribution in [0.5, 0.6) is 0 Å². The van der Waals surface area contributed by atoms with Crippen LogP contribution in [0.4, 0.5) is 5.69 Å². The van der Waals surface area contributed by atoms with E-state index in [1.165, 1.54) is 18.2 Å². The Morgan fingerprint density at radius 1 is 0.909 bits per heavy atom. The smallest absolute Gasteiger partial charge is 0.335 e. The second kappa shape index (κ2) is 7.59. The van der Waals surface area contributed by atoms with E-state index < -0.39 is 5.97 Å². The minimum absolute atomic E-state index is 0.180. The van der Waals surface area contributed by atoms with Gasteiger partial charge in [-0.3, -0.25) is 4.79 Å². The van der Waals surface area contributed by atoms with Crippen LogP contribution in [0.15, 0.2) is 72.8 Å². The number of hydrogen-bond acceptors (Lipinski definition) is 2. The van der Waals surface area contributed by atoms with Gasteiger partial charge in [-0.2, -0.15) is 0 Å².